The van der Waals surface area contributed by atoms with Gasteiger partial charge >= 0.3 is 0 Å². The average Bonchev–Trinajstić information content (AvgIpc) is 2.59. The van der Waals surface area contributed by atoms with E-state index in [1.165, 1.54) is 11.1 Å². The zero-order chi connectivity index (χ0) is 22.1. The molecule has 166 valence electrons. The first-order valence-corrected chi connectivity index (χ1v) is 14.7. The molecule has 0 aromatic carbocycles. The monoisotopic (exact) mass is 418 g/mol. The average molecular weight is 419 g/mol. The molecule has 1 saturated carbocycles. The van der Waals surface area contributed by atoms with E-state index in [2.05, 4.69) is 80.6 Å². The first kappa shape index (κ1) is 24.6. The van der Waals surface area contributed by atoms with Gasteiger partial charge in [0.05, 0.1) is 6.10 Å². The summed E-state index contributed by atoms with van der Waals surface area (Å²) in [6.07, 6.45) is 9.03. The summed E-state index contributed by atoms with van der Waals surface area (Å²) in [5.74, 6) is 1.93. The van der Waals surface area contributed by atoms with E-state index in [0.29, 0.717) is 23.5 Å². The van der Waals surface area contributed by atoms with Crippen LogP contribution >= 0.6 is 0 Å². The number of Topliss-reactive ketones (excluding diaryl/α,β-unsaturated/α-hetero) is 1. The minimum absolute atomic E-state index is 0.00359. The minimum atomic E-state index is -2.00. The Morgan fingerprint density at radius 3 is 2.31 bits per heavy atom. The van der Waals surface area contributed by atoms with Crippen molar-refractivity contribution in [3.8, 4) is 0 Å². The molecule has 3 aliphatic carbocycles. The molecule has 0 amide bonds. The van der Waals surface area contributed by atoms with Crippen molar-refractivity contribution in [2.45, 2.75) is 105 Å². The third-order valence-corrected chi connectivity index (χ3v) is 12.6. The normalized spacial score (nSPS) is 36.1. The molecule has 0 aromatic heterocycles. The van der Waals surface area contributed by atoms with Gasteiger partial charge in [-0.2, -0.15) is 0 Å². The number of ketones is 1. The van der Waals surface area contributed by atoms with E-state index < -0.39 is 8.32 Å². The fourth-order valence-electron chi connectivity index (χ4n) is 4.85. The highest BCUT2D eigenvalue weighted by atomic mass is 28.4. The maximum absolute atomic E-state index is 13.8. The second-order valence-electron chi connectivity index (χ2n) is 11.7. The van der Waals surface area contributed by atoms with Gasteiger partial charge in [0, 0.05) is 11.8 Å². The van der Waals surface area contributed by atoms with E-state index >= 15 is 0 Å². The standard InChI is InChI=1S/C26H46O2Si/c1-17(2)22-16-21-15-14-18(3)12-11-13-19(4)25(23(22)24(27)20(21)5)28-29(9,10)26(6,7)8/h13-14,17,20-23,25H,11-12,15-16H2,1-10H3/b18-14+,19-13+/t20-,21+,22?,23-,25+/m1/s1. The molecule has 3 aliphatic rings. The van der Waals surface area contributed by atoms with Gasteiger partial charge in [0.2, 0.25) is 0 Å². The van der Waals surface area contributed by atoms with Crippen LogP contribution in [-0.4, -0.2) is 20.2 Å². The number of fused-ring (bicyclic) bond motifs is 7. The second-order valence-corrected chi connectivity index (χ2v) is 16.4. The van der Waals surface area contributed by atoms with Crippen LogP contribution in [0.4, 0.5) is 0 Å². The smallest absolute Gasteiger partial charge is 0.192 e. The molecule has 0 heterocycles. The van der Waals surface area contributed by atoms with E-state index in [1.54, 1.807) is 0 Å². The largest absolute Gasteiger partial charge is 0.410 e. The van der Waals surface area contributed by atoms with Gasteiger partial charge in [0.1, 0.15) is 5.78 Å². The van der Waals surface area contributed by atoms with E-state index in [-0.39, 0.29) is 23.0 Å². The van der Waals surface area contributed by atoms with Crippen molar-refractivity contribution < 1.29 is 9.22 Å². The van der Waals surface area contributed by atoms with Gasteiger partial charge in [0.25, 0.3) is 0 Å². The lowest BCUT2D eigenvalue weighted by Gasteiger charge is -2.48. The van der Waals surface area contributed by atoms with Gasteiger partial charge < -0.3 is 4.43 Å². The third kappa shape index (κ3) is 5.52. The molecule has 3 rings (SSSR count). The highest BCUT2D eigenvalue weighted by Crippen LogP contribution is 2.47. The fraction of sp³-hybridized carbons (Fsp3) is 0.808. The Hall–Kier alpha value is -0.673. The molecule has 0 aliphatic heterocycles. The summed E-state index contributed by atoms with van der Waals surface area (Å²) in [6.45, 7) is 22.8. The van der Waals surface area contributed by atoms with Crippen molar-refractivity contribution in [1.29, 1.82) is 0 Å². The summed E-state index contributed by atoms with van der Waals surface area (Å²) >= 11 is 0. The number of allylic oxidation sites excluding steroid dienone is 3. The summed E-state index contributed by atoms with van der Waals surface area (Å²) in [5.41, 5.74) is 2.73. The van der Waals surface area contributed by atoms with Crippen molar-refractivity contribution in [2.75, 3.05) is 0 Å². The van der Waals surface area contributed by atoms with Crippen molar-refractivity contribution in [2.24, 2.45) is 29.6 Å². The van der Waals surface area contributed by atoms with Gasteiger partial charge in [-0.05, 0) is 81.0 Å². The van der Waals surface area contributed by atoms with Crippen LogP contribution < -0.4 is 0 Å². The molecule has 1 fully saturated rings. The highest BCUT2D eigenvalue weighted by Gasteiger charge is 2.49. The van der Waals surface area contributed by atoms with Crippen LogP contribution in [0.2, 0.25) is 18.1 Å². The van der Waals surface area contributed by atoms with Gasteiger partial charge in [0.15, 0.2) is 8.32 Å². The molecular weight excluding hydrogens is 372 g/mol. The predicted molar refractivity (Wildman–Crippen MR) is 128 cm³/mol. The van der Waals surface area contributed by atoms with Gasteiger partial charge in [-0.15, -0.1) is 0 Å². The van der Waals surface area contributed by atoms with Crippen molar-refractivity contribution >= 4 is 14.1 Å². The van der Waals surface area contributed by atoms with Crippen LogP contribution in [0.1, 0.15) is 81.1 Å². The molecule has 0 radical (unpaired) electrons. The maximum Gasteiger partial charge on any atom is 0.192 e. The van der Waals surface area contributed by atoms with E-state index in [9.17, 15) is 4.79 Å². The molecule has 29 heavy (non-hydrogen) atoms. The lowest BCUT2D eigenvalue weighted by Crippen LogP contribution is -2.53. The fourth-order valence-corrected chi connectivity index (χ4v) is 6.17. The molecule has 0 N–H and O–H groups in total. The molecule has 3 heteroatoms. The summed E-state index contributed by atoms with van der Waals surface area (Å²) in [4.78, 5) is 13.8. The van der Waals surface area contributed by atoms with E-state index in [0.717, 1.165) is 25.7 Å². The van der Waals surface area contributed by atoms with Crippen LogP contribution in [0.15, 0.2) is 23.3 Å². The molecule has 2 bridgehead atoms. The van der Waals surface area contributed by atoms with Crippen LogP contribution in [0.25, 0.3) is 0 Å². The van der Waals surface area contributed by atoms with Gasteiger partial charge in [-0.25, -0.2) is 0 Å². The zero-order valence-corrected chi connectivity index (χ0v) is 21.8. The SMILES string of the molecule is C/C1=C\C[C@H]2CC(C(C)C)[C@H](C(=O)[C@@H]2C)[C@@H](O[Si](C)(C)C(C)(C)C)/C(C)=C/CC1. The highest BCUT2D eigenvalue weighted by molar-refractivity contribution is 6.74. The molecule has 2 nitrogen and oxygen atoms in total. The lowest BCUT2D eigenvalue weighted by atomic mass is 9.61. The predicted octanol–water partition coefficient (Wildman–Crippen LogP) is 7.57. The summed E-state index contributed by atoms with van der Waals surface area (Å²) in [6, 6.07) is 0. The quantitative estimate of drug-likeness (QED) is 0.349. The zero-order valence-electron chi connectivity index (χ0n) is 20.8. The Morgan fingerprint density at radius 1 is 1.14 bits per heavy atom. The Kier molecular flexibility index (Phi) is 7.82. The van der Waals surface area contributed by atoms with Crippen molar-refractivity contribution in [3.63, 3.8) is 0 Å². The lowest BCUT2D eigenvalue weighted by molar-refractivity contribution is -0.139. The molecule has 0 spiro atoms. The van der Waals surface area contributed by atoms with Gasteiger partial charge in [-0.1, -0.05) is 59.3 Å². The first-order valence-electron chi connectivity index (χ1n) is 11.8. The third-order valence-electron chi connectivity index (χ3n) is 8.15. The van der Waals surface area contributed by atoms with Crippen LogP contribution in [0, 0.1) is 29.6 Å². The van der Waals surface area contributed by atoms with Gasteiger partial charge in [-0.3, -0.25) is 4.79 Å². The Morgan fingerprint density at radius 2 is 1.76 bits per heavy atom. The molecule has 5 atom stereocenters. The molecule has 0 aromatic rings. The number of carbonyl (C=O) groups is 1. The summed E-state index contributed by atoms with van der Waals surface area (Å²) in [5, 5.41) is 0.134. The molecule has 0 saturated heterocycles. The number of hydrogen-bond donors (Lipinski definition) is 0. The first-order chi connectivity index (χ1) is 13.3. The summed E-state index contributed by atoms with van der Waals surface area (Å²) in [7, 11) is -2.00. The van der Waals surface area contributed by atoms with E-state index in [1.807, 2.05) is 0 Å². The Labute approximate surface area is 181 Å². The van der Waals surface area contributed by atoms with Crippen molar-refractivity contribution in [3.05, 3.63) is 23.3 Å². The van der Waals surface area contributed by atoms with Crippen LogP contribution in [-0.2, 0) is 9.22 Å². The van der Waals surface area contributed by atoms with Crippen LogP contribution in [0.3, 0.4) is 0 Å². The topological polar surface area (TPSA) is 26.3 Å². The Balaban J connectivity index is 2.57. The molecule has 1 unspecified atom stereocenters. The number of rotatable bonds is 3. The minimum Gasteiger partial charge on any atom is -0.410 e. The van der Waals surface area contributed by atoms with Crippen molar-refractivity contribution in [1.82, 2.24) is 0 Å². The maximum atomic E-state index is 13.8. The van der Waals surface area contributed by atoms with Crippen LogP contribution in [0.5, 0.6) is 0 Å². The van der Waals surface area contributed by atoms with E-state index in [4.69, 9.17) is 4.43 Å². The second kappa shape index (κ2) is 9.22. The number of hydrogen-bond acceptors (Lipinski definition) is 2. The summed E-state index contributed by atoms with van der Waals surface area (Å²) < 4.78 is 7.05. The molecular formula is C26H46O2Si. The number of carbonyl (C=O) groups excluding carboxylic acids is 1. The Bertz CT molecular complexity index is 650.